The number of hydrogen-bond donors (Lipinski definition) is 0. The molecule has 0 N–H and O–H groups in total. The zero-order valence-electron chi connectivity index (χ0n) is 21.3. The Hall–Kier alpha value is -1.07. The second-order valence-corrected chi connectivity index (χ2v) is 22.0. The molecule has 1 aliphatic carbocycles. The van der Waals surface area contributed by atoms with E-state index in [4.69, 9.17) is 20.0 Å². The van der Waals surface area contributed by atoms with E-state index in [9.17, 15) is 0 Å². The van der Waals surface area contributed by atoms with E-state index in [1.807, 2.05) is 6.07 Å². The molecule has 2 aliphatic rings. The summed E-state index contributed by atoms with van der Waals surface area (Å²) in [4.78, 5) is 0. The van der Waals surface area contributed by atoms with E-state index in [1.54, 1.807) is 0 Å². The van der Waals surface area contributed by atoms with Crippen LogP contribution in [-0.2, 0) is 8.85 Å². The van der Waals surface area contributed by atoms with Gasteiger partial charge in [0.2, 0.25) is 0 Å². The van der Waals surface area contributed by atoms with Gasteiger partial charge in [-0.2, -0.15) is 0 Å². The summed E-state index contributed by atoms with van der Waals surface area (Å²) < 4.78 is 20.2. The van der Waals surface area contributed by atoms with E-state index >= 15 is 0 Å². The molecule has 3 nitrogen and oxygen atoms in total. The minimum absolute atomic E-state index is 0.118. The van der Waals surface area contributed by atoms with Crippen molar-refractivity contribution in [1.82, 2.24) is 0 Å². The third kappa shape index (κ3) is 4.55. The number of benzene rings is 1. The first-order chi connectivity index (χ1) is 14.1. The van der Waals surface area contributed by atoms with Crippen molar-refractivity contribution in [1.29, 1.82) is 0 Å². The molecule has 5 heteroatoms. The lowest BCUT2D eigenvalue weighted by Gasteiger charge is -2.42. The fraction of sp³-hybridized carbons (Fsp3) is 0.692. The van der Waals surface area contributed by atoms with Gasteiger partial charge in [-0.15, -0.1) is 6.42 Å². The Bertz CT molecular complexity index is 855. The van der Waals surface area contributed by atoms with Crippen LogP contribution in [0, 0.1) is 18.3 Å². The van der Waals surface area contributed by atoms with Crippen LogP contribution in [0.5, 0.6) is 5.75 Å². The quantitative estimate of drug-likeness (QED) is 0.353. The lowest BCUT2D eigenvalue weighted by atomic mass is 9.88. The van der Waals surface area contributed by atoms with Crippen molar-refractivity contribution in [2.75, 3.05) is 6.61 Å². The van der Waals surface area contributed by atoms with Crippen LogP contribution in [0.1, 0.15) is 65.0 Å². The normalized spacial score (nSPS) is 26.2. The van der Waals surface area contributed by atoms with E-state index in [1.165, 1.54) is 5.56 Å². The smallest absolute Gasteiger partial charge is 0.192 e. The van der Waals surface area contributed by atoms with Gasteiger partial charge in [-0.05, 0) is 42.3 Å². The van der Waals surface area contributed by atoms with Crippen molar-refractivity contribution in [3.05, 3.63) is 29.3 Å². The minimum atomic E-state index is -1.91. The van der Waals surface area contributed by atoms with Crippen LogP contribution < -0.4 is 4.74 Å². The summed E-state index contributed by atoms with van der Waals surface area (Å²) in [5.74, 6) is 4.27. The highest BCUT2D eigenvalue weighted by molar-refractivity contribution is 6.74. The Morgan fingerprint density at radius 1 is 1.03 bits per heavy atom. The van der Waals surface area contributed by atoms with Gasteiger partial charge < -0.3 is 13.6 Å². The lowest BCUT2D eigenvalue weighted by molar-refractivity contribution is 0.0936. The third-order valence-corrected chi connectivity index (χ3v) is 17.3. The molecule has 1 heterocycles. The fourth-order valence-electron chi connectivity index (χ4n) is 4.25. The summed E-state index contributed by atoms with van der Waals surface area (Å²) >= 11 is 0. The summed E-state index contributed by atoms with van der Waals surface area (Å²) in [6.07, 6.45) is 6.94. The van der Waals surface area contributed by atoms with Crippen LogP contribution in [0.15, 0.2) is 18.2 Å². The monoisotopic (exact) mass is 458 g/mol. The van der Waals surface area contributed by atoms with Gasteiger partial charge in [0.15, 0.2) is 16.6 Å². The van der Waals surface area contributed by atoms with Crippen molar-refractivity contribution in [2.24, 2.45) is 5.92 Å². The predicted molar refractivity (Wildman–Crippen MR) is 135 cm³/mol. The van der Waals surface area contributed by atoms with Crippen LogP contribution >= 0.6 is 0 Å². The second-order valence-electron chi connectivity index (χ2n) is 12.4. The lowest BCUT2D eigenvalue weighted by Crippen LogP contribution is -2.47. The topological polar surface area (TPSA) is 27.7 Å². The maximum Gasteiger partial charge on any atom is 0.192 e. The molecule has 4 atom stereocenters. The van der Waals surface area contributed by atoms with Crippen LogP contribution in [0.2, 0.25) is 36.3 Å². The molecule has 1 aromatic rings. The van der Waals surface area contributed by atoms with Crippen LogP contribution in [0.4, 0.5) is 0 Å². The highest BCUT2D eigenvalue weighted by Gasteiger charge is 2.54. The van der Waals surface area contributed by atoms with E-state index in [0.717, 1.165) is 24.3 Å². The molecule has 172 valence electrons. The van der Waals surface area contributed by atoms with Gasteiger partial charge in [-0.25, -0.2) is 0 Å². The molecule has 0 radical (unpaired) electrons. The van der Waals surface area contributed by atoms with Crippen LogP contribution in [-0.4, -0.2) is 35.4 Å². The molecule has 0 spiro atoms. The molecule has 1 fully saturated rings. The SMILES string of the molecule is C#Cc1cccc2c1O[C@H]1C[C@@H](O[Si](C)(C)C(C)(C)C)[C@H](CO[Si](C)(C)C(C)(C)C)[C@@H]21. The zero-order chi connectivity index (χ0) is 23.4. The van der Waals surface area contributed by atoms with Crippen molar-refractivity contribution < 1.29 is 13.6 Å². The Balaban J connectivity index is 1.93. The molecule has 1 saturated carbocycles. The van der Waals surface area contributed by atoms with Crippen molar-refractivity contribution in [3.8, 4) is 18.1 Å². The fourth-order valence-corrected chi connectivity index (χ4v) is 6.67. The van der Waals surface area contributed by atoms with E-state index in [0.29, 0.717) is 0 Å². The van der Waals surface area contributed by atoms with Crippen molar-refractivity contribution in [3.63, 3.8) is 0 Å². The largest absolute Gasteiger partial charge is 0.488 e. The van der Waals surface area contributed by atoms with E-state index < -0.39 is 16.6 Å². The third-order valence-electron chi connectivity index (χ3n) is 8.33. The molecule has 0 unspecified atom stereocenters. The molecule has 1 aromatic carbocycles. The number of para-hydroxylation sites is 1. The average molecular weight is 459 g/mol. The van der Waals surface area contributed by atoms with Gasteiger partial charge in [0, 0.05) is 30.4 Å². The molecular weight excluding hydrogens is 416 g/mol. The number of fused-ring (bicyclic) bond motifs is 3. The van der Waals surface area contributed by atoms with Gasteiger partial charge in [0.25, 0.3) is 0 Å². The first-order valence-electron chi connectivity index (χ1n) is 11.7. The molecule has 0 amide bonds. The Morgan fingerprint density at radius 3 is 2.19 bits per heavy atom. The van der Waals surface area contributed by atoms with Crippen LogP contribution in [0.25, 0.3) is 0 Å². The highest BCUT2D eigenvalue weighted by atomic mass is 28.4. The van der Waals surface area contributed by atoms with Gasteiger partial charge in [-0.3, -0.25) is 0 Å². The van der Waals surface area contributed by atoms with Gasteiger partial charge in [0.1, 0.15) is 11.9 Å². The highest BCUT2D eigenvalue weighted by Crippen LogP contribution is 2.54. The number of ether oxygens (including phenoxy) is 1. The van der Waals surface area contributed by atoms with Crippen molar-refractivity contribution >= 4 is 16.6 Å². The standard InChI is InChI=1S/C26H42O3Si2/c1-12-18-14-13-15-19-23-20(17-27-30(8,9)25(2,3)4)21(16-22(23)28-24(18)19)29-31(10,11)26(5,6)7/h1,13-15,20-23H,16-17H2,2-11H3/t20-,21+,22-,23+/m0/s1. The molecule has 31 heavy (non-hydrogen) atoms. The Morgan fingerprint density at radius 2 is 1.65 bits per heavy atom. The van der Waals surface area contributed by atoms with Gasteiger partial charge in [0.05, 0.1) is 11.7 Å². The van der Waals surface area contributed by atoms with Gasteiger partial charge in [-0.1, -0.05) is 59.6 Å². The molecular formula is C26H42O3Si2. The Kier molecular flexibility index (Phi) is 6.39. The summed E-state index contributed by atoms with van der Waals surface area (Å²) in [5, 5.41) is 0.354. The summed E-state index contributed by atoms with van der Waals surface area (Å²) in [6, 6.07) is 6.23. The molecule has 0 aromatic heterocycles. The summed E-state index contributed by atoms with van der Waals surface area (Å²) in [7, 11) is -3.78. The van der Waals surface area contributed by atoms with Gasteiger partial charge >= 0.3 is 0 Å². The number of terminal acetylenes is 1. The summed E-state index contributed by atoms with van der Waals surface area (Å²) in [5.41, 5.74) is 2.10. The molecule has 3 rings (SSSR count). The van der Waals surface area contributed by atoms with E-state index in [2.05, 4.69) is 85.8 Å². The van der Waals surface area contributed by atoms with Crippen LogP contribution in [0.3, 0.4) is 0 Å². The maximum absolute atomic E-state index is 6.99. The maximum atomic E-state index is 6.99. The zero-order valence-corrected chi connectivity index (χ0v) is 23.3. The molecule has 1 aliphatic heterocycles. The van der Waals surface area contributed by atoms with Crippen molar-refractivity contribution in [2.45, 2.75) is 102 Å². The number of rotatable bonds is 5. The molecule has 0 saturated heterocycles. The first-order valence-corrected chi connectivity index (χ1v) is 17.5. The predicted octanol–water partition coefficient (Wildman–Crippen LogP) is 6.94. The Labute approximate surface area is 192 Å². The summed E-state index contributed by atoms with van der Waals surface area (Å²) in [6.45, 7) is 23.9. The minimum Gasteiger partial charge on any atom is -0.488 e. The number of hydrogen-bond acceptors (Lipinski definition) is 3. The molecule has 0 bridgehead atoms. The second kappa shape index (κ2) is 8.06. The first kappa shape index (κ1) is 24.6. The van der Waals surface area contributed by atoms with E-state index in [-0.39, 0.29) is 34.1 Å². The average Bonchev–Trinajstić information content (AvgIpc) is 3.13.